The molecule has 1 atom stereocenters. The van der Waals surface area contributed by atoms with Gasteiger partial charge in [-0.1, -0.05) is 22.7 Å². The van der Waals surface area contributed by atoms with Crippen LogP contribution in [-0.4, -0.2) is 44.2 Å². The summed E-state index contributed by atoms with van der Waals surface area (Å²) in [6.07, 6.45) is 1.06. The summed E-state index contributed by atoms with van der Waals surface area (Å²) in [6, 6.07) is 8.42. The molecular weight excluding hydrogens is 256 g/mol. The lowest BCUT2D eigenvalue weighted by molar-refractivity contribution is -0.0283. The van der Waals surface area contributed by atoms with Crippen LogP contribution >= 0.6 is 0 Å². The second kappa shape index (κ2) is 5.05. The minimum Gasteiger partial charge on any atom is -0.345 e. The quantitative estimate of drug-likeness (QED) is 0.838. The zero-order valence-corrected chi connectivity index (χ0v) is 10.7. The van der Waals surface area contributed by atoms with E-state index in [9.17, 15) is 13.2 Å². The summed E-state index contributed by atoms with van der Waals surface area (Å²) >= 11 is 0. The van der Waals surface area contributed by atoms with E-state index in [2.05, 4.69) is 5.32 Å². The van der Waals surface area contributed by atoms with E-state index in [0.29, 0.717) is 5.56 Å². The summed E-state index contributed by atoms with van der Waals surface area (Å²) in [5, 5.41) is 2.73. The first-order chi connectivity index (χ1) is 8.47. The maximum absolute atomic E-state index is 11.8. The topological polar surface area (TPSA) is 75.7 Å². The number of benzene rings is 1. The van der Waals surface area contributed by atoms with E-state index in [1.165, 1.54) is 0 Å². The van der Waals surface area contributed by atoms with E-state index < -0.39 is 10.0 Å². The predicted octanol–water partition coefficient (Wildman–Crippen LogP) is -0.00820. The van der Waals surface area contributed by atoms with Gasteiger partial charge in [-0.15, -0.1) is 0 Å². The first kappa shape index (κ1) is 13.0. The van der Waals surface area contributed by atoms with Gasteiger partial charge in [0.05, 0.1) is 25.4 Å². The van der Waals surface area contributed by atoms with Crippen LogP contribution in [0.4, 0.5) is 0 Å². The average Bonchev–Trinajstić information content (AvgIpc) is 2.78. The number of amides is 1. The SMILES string of the molecule is CS(=O)(=O)N1CC(NC(=O)c2ccccc2)CO1. The molecule has 1 unspecified atom stereocenters. The lowest BCUT2D eigenvalue weighted by atomic mass is 10.2. The van der Waals surface area contributed by atoms with Gasteiger partial charge < -0.3 is 5.32 Å². The fourth-order valence-corrected chi connectivity index (χ4v) is 2.34. The maximum Gasteiger partial charge on any atom is 0.251 e. The number of hydrogen-bond donors (Lipinski definition) is 1. The summed E-state index contributed by atoms with van der Waals surface area (Å²) in [6.45, 7) is 0.295. The highest BCUT2D eigenvalue weighted by atomic mass is 32.2. The van der Waals surface area contributed by atoms with E-state index >= 15 is 0 Å². The minimum absolute atomic E-state index is 0.136. The molecule has 98 valence electrons. The molecule has 2 rings (SSSR count). The Morgan fingerprint density at radius 3 is 2.61 bits per heavy atom. The highest BCUT2D eigenvalue weighted by molar-refractivity contribution is 7.88. The smallest absolute Gasteiger partial charge is 0.251 e. The minimum atomic E-state index is -3.38. The molecular formula is C11H14N2O4S. The van der Waals surface area contributed by atoms with Gasteiger partial charge in [0, 0.05) is 5.56 Å². The Morgan fingerprint density at radius 2 is 2.06 bits per heavy atom. The zero-order valence-electron chi connectivity index (χ0n) is 9.87. The monoisotopic (exact) mass is 270 g/mol. The molecule has 0 aliphatic carbocycles. The van der Waals surface area contributed by atoms with Gasteiger partial charge in [0.1, 0.15) is 0 Å². The number of nitrogens with zero attached hydrogens (tertiary/aromatic N) is 1. The average molecular weight is 270 g/mol. The zero-order chi connectivity index (χ0) is 13.2. The van der Waals surface area contributed by atoms with Crippen molar-refractivity contribution in [2.24, 2.45) is 0 Å². The molecule has 1 heterocycles. The molecule has 1 aromatic carbocycles. The van der Waals surface area contributed by atoms with Crippen molar-refractivity contribution in [3.05, 3.63) is 35.9 Å². The Bertz CT molecular complexity index is 529. The van der Waals surface area contributed by atoms with Crippen LogP contribution in [0.5, 0.6) is 0 Å². The summed E-state index contributed by atoms with van der Waals surface area (Å²) in [7, 11) is -3.38. The number of sulfonamides is 1. The molecule has 6 nitrogen and oxygen atoms in total. The normalized spacial score (nSPS) is 20.8. The van der Waals surface area contributed by atoms with Gasteiger partial charge >= 0.3 is 0 Å². The van der Waals surface area contributed by atoms with Crippen LogP contribution in [-0.2, 0) is 14.9 Å². The van der Waals surface area contributed by atoms with Crippen LogP contribution in [0.25, 0.3) is 0 Å². The third kappa shape index (κ3) is 3.06. The Kier molecular flexibility index (Phi) is 3.65. The van der Waals surface area contributed by atoms with Crippen molar-refractivity contribution in [1.29, 1.82) is 0 Å². The summed E-state index contributed by atoms with van der Waals surface area (Å²) in [5.74, 6) is -0.237. The third-order valence-electron chi connectivity index (χ3n) is 2.53. The van der Waals surface area contributed by atoms with Crippen LogP contribution in [0, 0.1) is 0 Å². The Balaban J connectivity index is 1.95. The second-order valence-electron chi connectivity index (χ2n) is 4.08. The molecule has 18 heavy (non-hydrogen) atoms. The van der Waals surface area contributed by atoms with E-state index in [-0.39, 0.29) is 25.1 Å². The highest BCUT2D eigenvalue weighted by Crippen LogP contribution is 2.10. The maximum atomic E-state index is 11.8. The number of nitrogens with one attached hydrogen (secondary N) is 1. The van der Waals surface area contributed by atoms with Crippen molar-refractivity contribution < 1.29 is 18.0 Å². The van der Waals surface area contributed by atoms with Gasteiger partial charge in [0.2, 0.25) is 10.0 Å². The van der Waals surface area contributed by atoms with Crippen molar-refractivity contribution in [2.45, 2.75) is 6.04 Å². The lowest BCUT2D eigenvalue weighted by Gasteiger charge is -2.11. The molecule has 1 N–H and O–H groups in total. The molecule has 1 amide bonds. The summed E-state index contributed by atoms with van der Waals surface area (Å²) in [5.41, 5.74) is 0.537. The summed E-state index contributed by atoms with van der Waals surface area (Å²) in [4.78, 5) is 16.8. The molecule has 0 aromatic heterocycles. The van der Waals surface area contributed by atoms with E-state index in [1.54, 1.807) is 24.3 Å². The molecule has 1 aliphatic heterocycles. The molecule has 1 aliphatic rings. The molecule has 0 spiro atoms. The van der Waals surface area contributed by atoms with Gasteiger partial charge in [-0.05, 0) is 12.1 Å². The van der Waals surface area contributed by atoms with Crippen molar-refractivity contribution in [3.63, 3.8) is 0 Å². The second-order valence-corrected chi connectivity index (χ2v) is 5.95. The standard InChI is InChI=1S/C11H14N2O4S/c1-18(15,16)13-7-10(8-17-13)12-11(14)9-5-3-2-4-6-9/h2-6,10H,7-8H2,1H3,(H,12,14). The van der Waals surface area contributed by atoms with Gasteiger partial charge in [0.15, 0.2) is 0 Å². The molecule has 1 fully saturated rings. The number of rotatable bonds is 3. The van der Waals surface area contributed by atoms with Crippen LogP contribution in [0.1, 0.15) is 10.4 Å². The van der Waals surface area contributed by atoms with Crippen LogP contribution < -0.4 is 5.32 Å². The van der Waals surface area contributed by atoms with Gasteiger partial charge in [-0.25, -0.2) is 8.42 Å². The molecule has 1 aromatic rings. The fourth-order valence-electron chi connectivity index (χ4n) is 1.64. The Labute approximate surface area is 106 Å². The van der Waals surface area contributed by atoms with Crippen LogP contribution in [0.3, 0.4) is 0 Å². The molecule has 0 bridgehead atoms. The first-order valence-electron chi connectivity index (χ1n) is 5.43. The number of hydrogen-bond acceptors (Lipinski definition) is 4. The third-order valence-corrected chi connectivity index (χ3v) is 3.52. The number of hydroxylamine groups is 1. The summed E-state index contributed by atoms with van der Waals surface area (Å²) < 4.78 is 23.3. The van der Waals surface area contributed by atoms with Crippen molar-refractivity contribution >= 4 is 15.9 Å². The van der Waals surface area contributed by atoms with Gasteiger partial charge in [-0.2, -0.15) is 0 Å². The molecule has 0 radical (unpaired) electrons. The van der Waals surface area contributed by atoms with Crippen molar-refractivity contribution in [2.75, 3.05) is 19.4 Å². The van der Waals surface area contributed by atoms with Crippen LogP contribution in [0.15, 0.2) is 30.3 Å². The van der Waals surface area contributed by atoms with E-state index in [1.807, 2.05) is 6.07 Å². The Hall–Kier alpha value is -1.44. The Morgan fingerprint density at radius 1 is 1.39 bits per heavy atom. The predicted molar refractivity (Wildman–Crippen MR) is 65.2 cm³/mol. The van der Waals surface area contributed by atoms with Crippen molar-refractivity contribution in [3.8, 4) is 0 Å². The molecule has 0 saturated carbocycles. The van der Waals surface area contributed by atoms with Gasteiger partial charge in [-0.3, -0.25) is 9.63 Å². The fraction of sp³-hybridized carbons (Fsp3) is 0.364. The largest absolute Gasteiger partial charge is 0.345 e. The van der Waals surface area contributed by atoms with Gasteiger partial charge in [0.25, 0.3) is 5.91 Å². The number of carbonyl (C=O) groups is 1. The number of carbonyl (C=O) groups excluding carboxylic acids is 1. The van der Waals surface area contributed by atoms with Crippen molar-refractivity contribution in [1.82, 2.24) is 9.79 Å². The lowest BCUT2D eigenvalue weighted by Crippen LogP contribution is -2.39. The molecule has 1 saturated heterocycles. The van der Waals surface area contributed by atoms with Crippen LogP contribution in [0.2, 0.25) is 0 Å². The highest BCUT2D eigenvalue weighted by Gasteiger charge is 2.31. The first-order valence-corrected chi connectivity index (χ1v) is 7.28. The van der Waals surface area contributed by atoms with E-state index in [0.717, 1.165) is 10.7 Å². The molecule has 7 heteroatoms. The van der Waals surface area contributed by atoms with E-state index in [4.69, 9.17) is 4.84 Å².